The molecule has 0 aliphatic carbocycles. The van der Waals surface area contributed by atoms with E-state index in [-0.39, 0.29) is 11.2 Å². The molecule has 1 aliphatic rings. The summed E-state index contributed by atoms with van der Waals surface area (Å²) in [6.45, 7) is 15.4. The van der Waals surface area contributed by atoms with Crippen molar-refractivity contribution in [1.29, 1.82) is 0 Å². The zero-order valence-corrected chi connectivity index (χ0v) is 26.5. The lowest BCUT2D eigenvalue weighted by molar-refractivity contribution is 0.0397. The molecule has 3 N–H and O–H groups in total. The van der Waals surface area contributed by atoms with Crippen LogP contribution in [0.25, 0.3) is 11.3 Å². The highest BCUT2D eigenvalue weighted by molar-refractivity contribution is 5.92. The van der Waals surface area contributed by atoms with Crippen molar-refractivity contribution in [3.8, 4) is 22.8 Å². The second kappa shape index (κ2) is 15.0. The van der Waals surface area contributed by atoms with E-state index in [1.54, 1.807) is 13.3 Å². The molecule has 9 nitrogen and oxygen atoms in total. The molecule has 9 heteroatoms. The smallest absolute Gasteiger partial charge is 0.254 e. The molecule has 0 fully saturated rings. The van der Waals surface area contributed by atoms with Crippen LogP contribution >= 0.6 is 0 Å². The van der Waals surface area contributed by atoms with Gasteiger partial charge in [-0.15, -0.1) is 0 Å². The van der Waals surface area contributed by atoms with Gasteiger partial charge in [-0.25, -0.2) is 0 Å². The molecule has 1 aromatic heterocycles. The van der Waals surface area contributed by atoms with Crippen LogP contribution in [0.3, 0.4) is 0 Å². The summed E-state index contributed by atoms with van der Waals surface area (Å²) in [5.41, 5.74) is 7.43. The molecule has 0 spiro atoms. The normalized spacial score (nSPS) is 13.0. The number of primary amides is 1. The van der Waals surface area contributed by atoms with Crippen LogP contribution in [0.15, 0.2) is 41.1 Å². The van der Waals surface area contributed by atoms with Crippen molar-refractivity contribution < 1.29 is 19.0 Å². The average molecular weight is 583 g/mol. The Morgan fingerprint density at radius 3 is 2.52 bits per heavy atom. The van der Waals surface area contributed by atoms with Crippen molar-refractivity contribution in [3.05, 3.63) is 57.7 Å². The van der Waals surface area contributed by atoms with Crippen molar-refractivity contribution in [1.82, 2.24) is 9.99 Å². The highest BCUT2D eigenvalue weighted by atomic mass is 16.5. The monoisotopic (exact) mass is 582 g/mol. The van der Waals surface area contributed by atoms with Gasteiger partial charge in [0.1, 0.15) is 11.2 Å². The van der Waals surface area contributed by atoms with Gasteiger partial charge in [-0.1, -0.05) is 27.2 Å². The fourth-order valence-electron chi connectivity index (χ4n) is 4.95. The van der Waals surface area contributed by atoms with Crippen LogP contribution < -0.4 is 31.0 Å². The van der Waals surface area contributed by atoms with Crippen LogP contribution in [0.1, 0.15) is 96.0 Å². The number of allylic oxidation sites excluding steroid dienone is 1. The maximum atomic E-state index is 12.7. The minimum absolute atomic E-state index is 0.0245. The van der Waals surface area contributed by atoms with E-state index < -0.39 is 11.3 Å². The number of aromatic nitrogens is 1. The number of rotatable bonds is 16. The number of benzene rings is 1. The van der Waals surface area contributed by atoms with Crippen LogP contribution in [0.2, 0.25) is 0 Å². The largest absolute Gasteiger partial charge is 0.493 e. The van der Waals surface area contributed by atoms with Gasteiger partial charge in [0.15, 0.2) is 22.8 Å². The third kappa shape index (κ3) is 9.19. The molecule has 3 rings (SSSR count). The van der Waals surface area contributed by atoms with Gasteiger partial charge in [-0.05, 0) is 82.6 Å². The molecule has 0 bridgehead atoms. The van der Waals surface area contributed by atoms with E-state index in [1.807, 2.05) is 16.8 Å². The summed E-state index contributed by atoms with van der Waals surface area (Å²) in [5.74, 6) is 1.79. The number of nitrogens with one attached hydrogen (secondary N) is 1. The van der Waals surface area contributed by atoms with E-state index in [9.17, 15) is 9.59 Å². The first-order valence-electron chi connectivity index (χ1n) is 15.2. The molecule has 0 saturated carbocycles. The van der Waals surface area contributed by atoms with Crippen LogP contribution in [-0.2, 0) is 11.3 Å². The summed E-state index contributed by atoms with van der Waals surface area (Å²) in [6, 6.07) is 5.41. The second-order valence-electron chi connectivity index (χ2n) is 12.3. The topological polar surface area (TPSA) is 108 Å². The van der Waals surface area contributed by atoms with Gasteiger partial charge in [0.25, 0.3) is 5.91 Å². The fraction of sp³-hybridized carbons (Fsp3) is 0.576. The third-order valence-corrected chi connectivity index (χ3v) is 6.88. The number of carbonyl (C=O) groups excluding carboxylic acids is 1. The third-order valence-electron chi connectivity index (χ3n) is 6.88. The van der Waals surface area contributed by atoms with Gasteiger partial charge < -0.3 is 30.3 Å². The van der Waals surface area contributed by atoms with E-state index in [1.165, 1.54) is 6.07 Å². The highest BCUT2D eigenvalue weighted by Gasteiger charge is 2.26. The lowest BCUT2D eigenvalue weighted by atomic mass is 9.99. The van der Waals surface area contributed by atoms with Crippen molar-refractivity contribution in [2.45, 2.75) is 92.2 Å². The fourth-order valence-corrected chi connectivity index (χ4v) is 4.95. The number of methoxy groups -OCH3 is 1. The summed E-state index contributed by atoms with van der Waals surface area (Å²) in [5, 5.41) is 5.58. The Balaban J connectivity index is 1.65. The first-order chi connectivity index (χ1) is 19.9. The molecule has 0 atom stereocenters. The van der Waals surface area contributed by atoms with Crippen LogP contribution in [0.5, 0.6) is 11.5 Å². The molecule has 42 heavy (non-hydrogen) atoms. The number of nitrogens with zero attached hydrogens (tertiary/aromatic N) is 2. The first kappa shape index (κ1) is 32.9. The second-order valence-corrected chi connectivity index (χ2v) is 12.3. The standard InChI is InChI=1S/C33H50N4O5/c1-8-9-11-14-31(42-33(4,5)6)35-15-12-10-13-16-41-30-17-24-21-36(20-23(2)3)37-22-26(32(34)39)28(38)19-27(37)25(24)18-29(30)40-7/h14,17-19,22-23,35H,8-13,15-16,20-21H2,1-7H3,(H2,34,39). The van der Waals surface area contributed by atoms with Gasteiger partial charge in [-0.2, -0.15) is 0 Å². The van der Waals surface area contributed by atoms with Crippen LogP contribution in [-0.4, -0.2) is 43.0 Å². The zero-order valence-electron chi connectivity index (χ0n) is 26.5. The Bertz CT molecular complexity index is 1290. The SMILES string of the molecule is CCCCC=C(NCCCCCOc1cc2c(cc1OC)-c1cc(=O)c(C(N)=O)cn1N(CC(C)C)C2)OC(C)(C)C. The van der Waals surface area contributed by atoms with Gasteiger partial charge in [0.2, 0.25) is 0 Å². The Labute approximate surface area is 251 Å². The molecular weight excluding hydrogens is 532 g/mol. The molecule has 1 aliphatic heterocycles. The zero-order chi connectivity index (χ0) is 30.9. The number of amides is 1. The molecular formula is C33H50N4O5. The lowest BCUT2D eigenvalue weighted by Crippen LogP contribution is -2.42. The summed E-state index contributed by atoms with van der Waals surface area (Å²) in [4.78, 5) is 24.6. The Kier molecular flexibility index (Phi) is 11.8. The summed E-state index contributed by atoms with van der Waals surface area (Å²) in [6.07, 6.45) is 9.96. The molecule has 0 saturated heterocycles. The maximum Gasteiger partial charge on any atom is 0.254 e. The minimum Gasteiger partial charge on any atom is -0.493 e. The molecule has 2 heterocycles. The number of unbranched alkanes of at least 4 members (excludes halogenated alkanes) is 4. The lowest BCUT2D eigenvalue weighted by Gasteiger charge is -2.36. The number of hydrogen-bond acceptors (Lipinski definition) is 7. The van der Waals surface area contributed by atoms with Crippen molar-refractivity contribution in [2.75, 3.05) is 31.8 Å². The van der Waals surface area contributed by atoms with Crippen molar-refractivity contribution in [3.63, 3.8) is 0 Å². The van der Waals surface area contributed by atoms with Gasteiger partial charge in [-0.3, -0.25) is 14.3 Å². The molecule has 1 aromatic carbocycles. The molecule has 232 valence electrons. The number of pyridine rings is 1. The summed E-state index contributed by atoms with van der Waals surface area (Å²) in [7, 11) is 1.61. The van der Waals surface area contributed by atoms with E-state index in [0.29, 0.717) is 36.3 Å². The number of ether oxygens (including phenoxy) is 3. The molecule has 0 radical (unpaired) electrons. The number of nitrogens with two attached hydrogens (primary N) is 1. The average Bonchev–Trinajstić information content (AvgIpc) is 2.90. The van der Waals surface area contributed by atoms with Crippen molar-refractivity contribution in [2.24, 2.45) is 11.7 Å². The van der Waals surface area contributed by atoms with Crippen molar-refractivity contribution >= 4 is 5.91 Å². The van der Waals surface area contributed by atoms with E-state index in [2.05, 4.69) is 57.9 Å². The van der Waals surface area contributed by atoms with E-state index in [0.717, 1.165) is 68.6 Å². The first-order valence-corrected chi connectivity index (χ1v) is 15.2. The van der Waals surface area contributed by atoms with Crippen LogP contribution in [0, 0.1) is 5.92 Å². The van der Waals surface area contributed by atoms with E-state index >= 15 is 0 Å². The highest BCUT2D eigenvalue weighted by Crippen LogP contribution is 2.38. The van der Waals surface area contributed by atoms with Gasteiger partial charge in [0, 0.05) is 30.9 Å². The number of fused-ring (bicyclic) bond motifs is 3. The Morgan fingerprint density at radius 2 is 1.88 bits per heavy atom. The Morgan fingerprint density at radius 1 is 1.12 bits per heavy atom. The predicted molar refractivity (Wildman–Crippen MR) is 169 cm³/mol. The Hall–Kier alpha value is -3.62. The maximum absolute atomic E-state index is 12.7. The molecule has 2 aromatic rings. The molecule has 0 unspecified atom stereocenters. The summed E-state index contributed by atoms with van der Waals surface area (Å²) < 4.78 is 19.8. The van der Waals surface area contributed by atoms with Gasteiger partial charge in [0.05, 0.1) is 26.0 Å². The summed E-state index contributed by atoms with van der Waals surface area (Å²) >= 11 is 0. The predicted octanol–water partition coefficient (Wildman–Crippen LogP) is 5.72. The quantitative estimate of drug-likeness (QED) is 0.193. The molecule has 1 amide bonds. The van der Waals surface area contributed by atoms with Gasteiger partial charge >= 0.3 is 0 Å². The van der Waals surface area contributed by atoms with E-state index in [4.69, 9.17) is 19.9 Å². The number of hydrogen-bond donors (Lipinski definition) is 2. The minimum atomic E-state index is -0.732. The van der Waals surface area contributed by atoms with Crippen LogP contribution in [0.4, 0.5) is 0 Å². The number of carbonyl (C=O) groups is 1.